The molecule has 0 saturated carbocycles. The Morgan fingerprint density at radius 1 is 1.55 bits per heavy atom. The fourth-order valence-corrected chi connectivity index (χ4v) is 1.11. The number of ether oxygens (including phenoxy) is 1. The fraction of sp³-hybridized carbons (Fsp3) is 0.167. The van der Waals surface area contributed by atoms with Crippen molar-refractivity contribution in [3.8, 4) is 5.75 Å². The van der Waals surface area contributed by atoms with E-state index < -0.39 is 5.95 Å². The van der Waals surface area contributed by atoms with E-state index in [4.69, 9.17) is 27.9 Å². The lowest BCUT2D eigenvalue weighted by Gasteiger charge is -2.03. The van der Waals surface area contributed by atoms with Gasteiger partial charge in [-0.25, -0.2) is 4.98 Å². The molecule has 0 aromatic carbocycles. The highest BCUT2D eigenvalue weighted by molar-refractivity contribution is 6.36. The third kappa shape index (κ3) is 1.54. The lowest BCUT2D eigenvalue weighted by atomic mass is 10.4. The Hall–Kier alpha value is -0.540. The molecule has 0 amide bonds. The van der Waals surface area contributed by atoms with Gasteiger partial charge in [0, 0.05) is 0 Å². The van der Waals surface area contributed by atoms with Crippen LogP contribution >= 0.6 is 23.2 Å². The van der Waals surface area contributed by atoms with Crippen molar-refractivity contribution in [1.29, 1.82) is 0 Å². The highest BCUT2D eigenvalue weighted by Crippen LogP contribution is 2.32. The molecular formula is C6H4Cl2FNO. The maximum atomic E-state index is 12.6. The Morgan fingerprint density at radius 3 is 2.64 bits per heavy atom. The molecule has 0 aliphatic carbocycles. The van der Waals surface area contributed by atoms with E-state index in [9.17, 15) is 4.39 Å². The minimum Gasteiger partial charge on any atom is -0.493 e. The van der Waals surface area contributed by atoms with Gasteiger partial charge in [0.2, 0.25) is 5.95 Å². The van der Waals surface area contributed by atoms with E-state index in [2.05, 4.69) is 4.98 Å². The normalized spacial score (nSPS) is 9.82. The Morgan fingerprint density at radius 2 is 2.18 bits per heavy atom. The van der Waals surface area contributed by atoms with Crippen LogP contribution in [0.5, 0.6) is 5.75 Å². The van der Waals surface area contributed by atoms with Crippen LogP contribution in [0.15, 0.2) is 6.20 Å². The highest BCUT2D eigenvalue weighted by atomic mass is 35.5. The zero-order valence-corrected chi connectivity index (χ0v) is 7.08. The number of hydrogen-bond donors (Lipinski definition) is 0. The number of aromatic nitrogens is 1. The maximum absolute atomic E-state index is 12.6. The van der Waals surface area contributed by atoms with Crippen LogP contribution in [0.3, 0.4) is 0 Å². The molecule has 0 saturated heterocycles. The molecule has 11 heavy (non-hydrogen) atoms. The van der Waals surface area contributed by atoms with E-state index >= 15 is 0 Å². The molecule has 1 rings (SSSR count). The van der Waals surface area contributed by atoms with Gasteiger partial charge in [0.25, 0.3) is 0 Å². The van der Waals surface area contributed by atoms with Crippen molar-refractivity contribution in [3.63, 3.8) is 0 Å². The van der Waals surface area contributed by atoms with Crippen molar-refractivity contribution in [2.45, 2.75) is 0 Å². The minimum absolute atomic E-state index is 0.112. The zero-order chi connectivity index (χ0) is 8.43. The van der Waals surface area contributed by atoms with Crippen LogP contribution in [0.1, 0.15) is 0 Å². The summed E-state index contributed by atoms with van der Waals surface area (Å²) in [4.78, 5) is 3.28. The van der Waals surface area contributed by atoms with Crippen molar-refractivity contribution in [2.75, 3.05) is 7.11 Å². The summed E-state index contributed by atoms with van der Waals surface area (Å²) >= 11 is 11.0. The lowest BCUT2D eigenvalue weighted by Crippen LogP contribution is -1.91. The van der Waals surface area contributed by atoms with Gasteiger partial charge in [-0.15, -0.1) is 0 Å². The largest absolute Gasteiger partial charge is 0.493 e. The third-order valence-electron chi connectivity index (χ3n) is 1.09. The third-order valence-corrected chi connectivity index (χ3v) is 1.69. The van der Waals surface area contributed by atoms with Crippen LogP contribution in [0, 0.1) is 5.95 Å². The van der Waals surface area contributed by atoms with E-state index in [1.165, 1.54) is 7.11 Å². The molecule has 60 valence electrons. The number of halogens is 3. The van der Waals surface area contributed by atoms with Gasteiger partial charge in [-0.1, -0.05) is 23.2 Å². The first-order chi connectivity index (χ1) is 5.16. The quantitative estimate of drug-likeness (QED) is 0.643. The van der Waals surface area contributed by atoms with Gasteiger partial charge in [0.05, 0.1) is 13.3 Å². The van der Waals surface area contributed by atoms with Crippen LogP contribution in [0.4, 0.5) is 4.39 Å². The van der Waals surface area contributed by atoms with Gasteiger partial charge in [-0.3, -0.25) is 0 Å². The van der Waals surface area contributed by atoms with Crippen LogP contribution in [0.2, 0.25) is 10.0 Å². The standard InChI is InChI=1S/C6H4Cl2FNO/c1-11-5-3(7)2-10-6(9)4(5)8/h2H,1H3. The Bertz CT molecular complexity index is 280. The second-order valence-corrected chi connectivity index (χ2v) is 2.53. The summed E-state index contributed by atoms with van der Waals surface area (Å²) < 4.78 is 17.3. The summed E-state index contributed by atoms with van der Waals surface area (Å²) in [6, 6.07) is 0. The second-order valence-electron chi connectivity index (χ2n) is 1.74. The summed E-state index contributed by atoms with van der Waals surface area (Å²) in [7, 11) is 1.35. The van der Waals surface area contributed by atoms with Crippen molar-refractivity contribution >= 4 is 23.2 Å². The molecular weight excluding hydrogens is 192 g/mol. The van der Waals surface area contributed by atoms with Gasteiger partial charge in [0.1, 0.15) is 10.0 Å². The molecule has 0 aliphatic heterocycles. The molecule has 2 nitrogen and oxygen atoms in total. The monoisotopic (exact) mass is 195 g/mol. The first-order valence-corrected chi connectivity index (χ1v) is 3.46. The molecule has 0 spiro atoms. The lowest BCUT2D eigenvalue weighted by molar-refractivity contribution is 0.409. The first-order valence-electron chi connectivity index (χ1n) is 2.70. The predicted molar refractivity (Wildman–Crippen MR) is 40.8 cm³/mol. The topological polar surface area (TPSA) is 22.1 Å². The summed E-state index contributed by atoms with van der Waals surface area (Å²) in [5.41, 5.74) is 0. The number of hydrogen-bond acceptors (Lipinski definition) is 2. The van der Waals surface area contributed by atoms with E-state index in [0.29, 0.717) is 0 Å². The number of rotatable bonds is 1. The van der Waals surface area contributed by atoms with Gasteiger partial charge >= 0.3 is 0 Å². The average Bonchev–Trinajstić information content (AvgIpc) is 1.99. The Kier molecular flexibility index (Phi) is 2.52. The SMILES string of the molecule is COc1c(Cl)cnc(F)c1Cl. The van der Waals surface area contributed by atoms with Gasteiger partial charge < -0.3 is 4.74 Å². The fourth-order valence-electron chi connectivity index (χ4n) is 0.614. The molecule has 1 aromatic rings. The number of methoxy groups -OCH3 is 1. The summed E-state index contributed by atoms with van der Waals surface area (Å²) in [5.74, 6) is -0.672. The minimum atomic E-state index is -0.784. The van der Waals surface area contributed by atoms with Crippen molar-refractivity contribution < 1.29 is 9.13 Å². The van der Waals surface area contributed by atoms with Crippen LogP contribution in [0.25, 0.3) is 0 Å². The van der Waals surface area contributed by atoms with E-state index in [1.54, 1.807) is 0 Å². The maximum Gasteiger partial charge on any atom is 0.235 e. The summed E-state index contributed by atoms with van der Waals surface area (Å²) in [6.07, 6.45) is 1.14. The molecule has 0 aliphatic rings. The van der Waals surface area contributed by atoms with Crippen molar-refractivity contribution in [2.24, 2.45) is 0 Å². The van der Waals surface area contributed by atoms with Crippen LogP contribution in [-0.2, 0) is 0 Å². The van der Waals surface area contributed by atoms with E-state index in [0.717, 1.165) is 6.20 Å². The molecule has 0 N–H and O–H groups in total. The average molecular weight is 196 g/mol. The smallest absolute Gasteiger partial charge is 0.235 e. The molecule has 1 aromatic heterocycles. The van der Waals surface area contributed by atoms with Crippen LogP contribution in [-0.4, -0.2) is 12.1 Å². The van der Waals surface area contributed by atoms with Crippen molar-refractivity contribution in [1.82, 2.24) is 4.98 Å². The van der Waals surface area contributed by atoms with Crippen molar-refractivity contribution in [3.05, 3.63) is 22.2 Å². The van der Waals surface area contributed by atoms with E-state index in [1.807, 2.05) is 0 Å². The second kappa shape index (κ2) is 3.24. The Balaban J connectivity index is 3.29. The number of nitrogens with zero attached hydrogens (tertiary/aromatic N) is 1. The number of pyridine rings is 1. The highest BCUT2D eigenvalue weighted by Gasteiger charge is 2.11. The van der Waals surface area contributed by atoms with Crippen LogP contribution < -0.4 is 4.74 Å². The zero-order valence-electron chi connectivity index (χ0n) is 5.57. The molecule has 0 fully saturated rings. The van der Waals surface area contributed by atoms with E-state index in [-0.39, 0.29) is 15.8 Å². The molecule has 0 bridgehead atoms. The first kappa shape index (κ1) is 8.56. The van der Waals surface area contributed by atoms with Gasteiger partial charge in [0.15, 0.2) is 5.75 Å². The summed E-state index contributed by atoms with van der Waals surface area (Å²) in [6.45, 7) is 0. The molecule has 5 heteroatoms. The molecule has 0 unspecified atom stereocenters. The van der Waals surface area contributed by atoms with Gasteiger partial charge in [-0.05, 0) is 0 Å². The molecule has 0 radical (unpaired) electrons. The molecule has 0 atom stereocenters. The molecule has 1 heterocycles. The van der Waals surface area contributed by atoms with Gasteiger partial charge in [-0.2, -0.15) is 4.39 Å². The Labute approximate surface area is 72.9 Å². The summed E-state index contributed by atoms with van der Waals surface area (Å²) in [5, 5.41) is -0.00102. The predicted octanol–water partition coefficient (Wildman–Crippen LogP) is 2.54.